The number of aromatic amines is 1. The van der Waals surface area contributed by atoms with Crippen molar-refractivity contribution in [3.8, 4) is 5.75 Å². The van der Waals surface area contributed by atoms with Crippen molar-refractivity contribution < 1.29 is 5.11 Å². The molecule has 0 saturated carbocycles. The largest absolute Gasteiger partial charge is 0.508 e. The van der Waals surface area contributed by atoms with Gasteiger partial charge < -0.3 is 15.4 Å². The first-order valence-electron chi connectivity index (χ1n) is 6.01. The Hall–Kier alpha value is -2.13. The molecule has 1 aromatic heterocycles. The molecule has 19 heavy (non-hydrogen) atoms. The van der Waals surface area contributed by atoms with E-state index in [9.17, 15) is 5.11 Å². The van der Waals surface area contributed by atoms with E-state index in [0.717, 1.165) is 22.2 Å². The first-order chi connectivity index (χ1) is 9.22. The van der Waals surface area contributed by atoms with Crippen molar-refractivity contribution in [2.24, 2.45) is 0 Å². The molecule has 0 saturated heterocycles. The van der Waals surface area contributed by atoms with Gasteiger partial charge in [-0.15, -0.1) is 0 Å². The summed E-state index contributed by atoms with van der Waals surface area (Å²) in [4.78, 5) is 3.15. The van der Waals surface area contributed by atoms with Crippen LogP contribution in [0.5, 0.6) is 5.75 Å². The number of halogens is 1. The summed E-state index contributed by atoms with van der Waals surface area (Å²) < 4.78 is 0. The minimum atomic E-state index is 0.250. The third-order valence-electron chi connectivity index (χ3n) is 3.08. The molecule has 1 heterocycles. The molecule has 0 aliphatic rings. The maximum atomic E-state index is 9.75. The minimum absolute atomic E-state index is 0.250. The van der Waals surface area contributed by atoms with Crippen LogP contribution in [-0.2, 0) is 6.54 Å². The smallest absolute Gasteiger partial charge is 0.120 e. The average molecular weight is 273 g/mol. The van der Waals surface area contributed by atoms with Gasteiger partial charge in [0.05, 0.1) is 0 Å². The molecule has 2 aromatic carbocycles. The fourth-order valence-corrected chi connectivity index (χ4v) is 2.25. The van der Waals surface area contributed by atoms with Gasteiger partial charge in [-0.3, -0.25) is 0 Å². The van der Waals surface area contributed by atoms with Crippen LogP contribution in [0.1, 0.15) is 5.56 Å². The first kappa shape index (κ1) is 11.9. The molecule has 0 aliphatic heterocycles. The van der Waals surface area contributed by atoms with Gasteiger partial charge in [-0.1, -0.05) is 11.6 Å². The molecule has 4 heteroatoms. The van der Waals surface area contributed by atoms with Crippen molar-refractivity contribution in [1.29, 1.82) is 0 Å². The van der Waals surface area contributed by atoms with Crippen molar-refractivity contribution in [2.75, 3.05) is 5.32 Å². The topological polar surface area (TPSA) is 48.0 Å². The highest BCUT2D eigenvalue weighted by Crippen LogP contribution is 2.23. The summed E-state index contributed by atoms with van der Waals surface area (Å²) >= 11 is 5.92. The van der Waals surface area contributed by atoms with E-state index >= 15 is 0 Å². The van der Waals surface area contributed by atoms with Crippen molar-refractivity contribution in [2.45, 2.75) is 6.54 Å². The zero-order valence-corrected chi connectivity index (χ0v) is 10.9. The molecule has 3 aromatic rings. The fourth-order valence-electron chi connectivity index (χ4n) is 2.06. The normalized spacial score (nSPS) is 10.8. The highest BCUT2D eigenvalue weighted by atomic mass is 35.5. The van der Waals surface area contributed by atoms with Gasteiger partial charge in [-0.25, -0.2) is 0 Å². The summed E-state index contributed by atoms with van der Waals surface area (Å²) in [5, 5.41) is 14.8. The number of nitrogens with one attached hydrogen (secondary N) is 2. The number of benzene rings is 2. The number of fused-ring (bicyclic) bond motifs is 1. The number of hydrogen-bond donors (Lipinski definition) is 3. The van der Waals surface area contributed by atoms with Crippen LogP contribution < -0.4 is 5.32 Å². The highest BCUT2D eigenvalue weighted by Gasteiger charge is 2.03. The van der Waals surface area contributed by atoms with Crippen LogP contribution in [0.3, 0.4) is 0 Å². The molecule has 0 radical (unpaired) electrons. The number of hydrogen-bond acceptors (Lipinski definition) is 2. The van der Waals surface area contributed by atoms with Crippen LogP contribution in [-0.4, -0.2) is 10.1 Å². The van der Waals surface area contributed by atoms with E-state index in [1.165, 1.54) is 0 Å². The van der Waals surface area contributed by atoms with Crippen LogP contribution in [0.15, 0.2) is 48.7 Å². The maximum Gasteiger partial charge on any atom is 0.120 e. The number of phenolic OH excluding ortho intramolecular Hbond substituents is 1. The summed E-state index contributed by atoms with van der Waals surface area (Å²) in [5.74, 6) is 0.250. The fraction of sp³-hybridized carbons (Fsp3) is 0.0667. The molecule has 3 rings (SSSR count). The number of aromatic nitrogens is 1. The van der Waals surface area contributed by atoms with E-state index in [-0.39, 0.29) is 5.75 Å². The van der Waals surface area contributed by atoms with Crippen LogP contribution >= 0.6 is 11.6 Å². The predicted molar refractivity (Wildman–Crippen MR) is 78.7 cm³/mol. The quantitative estimate of drug-likeness (QED) is 0.671. The van der Waals surface area contributed by atoms with E-state index in [4.69, 9.17) is 11.6 Å². The summed E-state index contributed by atoms with van der Waals surface area (Å²) in [6, 6.07) is 13.2. The molecule has 0 fully saturated rings. The average Bonchev–Trinajstić information content (AvgIpc) is 2.87. The van der Waals surface area contributed by atoms with E-state index in [0.29, 0.717) is 11.6 Å². The third kappa shape index (κ3) is 2.51. The second-order valence-corrected chi connectivity index (χ2v) is 4.84. The van der Waals surface area contributed by atoms with E-state index < -0.39 is 0 Å². The number of phenols is 1. The summed E-state index contributed by atoms with van der Waals surface area (Å²) in [7, 11) is 0. The monoisotopic (exact) mass is 272 g/mol. The Bertz CT molecular complexity index is 721. The molecular formula is C15H13ClN2O. The lowest BCUT2D eigenvalue weighted by Gasteiger charge is -2.08. The van der Waals surface area contributed by atoms with Crippen LogP contribution in [0.4, 0.5) is 5.69 Å². The van der Waals surface area contributed by atoms with E-state index in [2.05, 4.69) is 16.4 Å². The van der Waals surface area contributed by atoms with Crippen LogP contribution in [0.2, 0.25) is 5.02 Å². The highest BCUT2D eigenvalue weighted by molar-refractivity contribution is 6.30. The summed E-state index contributed by atoms with van der Waals surface area (Å²) in [6.45, 7) is 0.530. The summed E-state index contributed by atoms with van der Waals surface area (Å²) in [6.07, 6.45) is 1.91. The summed E-state index contributed by atoms with van der Waals surface area (Å²) in [5.41, 5.74) is 2.89. The second-order valence-electron chi connectivity index (χ2n) is 4.41. The maximum absolute atomic E-state index is 9.75. The Kier molecular flexibility index (Phi) is 3.05. The Balaban J connectivity index is 1.79. The van der Waals surface area contributed by atoms with Crippen molar-refractivity contribution >= 4 is 28.2 Å². The van der Waals surface area contributed by atoms with Gasteiger partial charge >= 0.3 is 0 Å². The van der Waals surface area contributed by atoms with Crippen LogP contribution in [0, 0.1) is 0 Å². The molecule has 0 amide bonds. The molecule has 0 bridgehead atoms. The molecule has 96 valence electrons. The lowest BCUT2D eigenvalue weighted by molar-refractivity contribution is 0.469. The number of H-pyrrole nitrogens is 1. The standard InChI is InChI=1S/C15H13ClN2O/c16-12-1-4-15(19)11(7-12)9-18-13-2-3-14-10(8-13)5-6-17-14/h1-8,17-19H,9H2. The van der Waals surface area contributed by atoms with Crippen molar-refractivity contribution in [3.05, 3.63) is 59.2 Å². The molecule has 3 N–H and O–H groups in total. The van der Waals surface area contributed by atoms with Gasteiger partial charge in [0, 0.05) is 39.9 Å². The minimum Gasteiger partial charge on any atom is -0.508 e. The number of rotatable bonds is 3. The zero-order valence-electron chi connectivity index (χ0n) is 10.2. The molecule has 0 aliphatic carbocycles. The Labute approximate surface area is 115 Å². The number of aromatic hydroxyl groups is 1. The second kappa shape index (κ2) is 4.86. The first-order valence-corrected chi connectivity index (χ1v) is 6.38. The Morgan fingerprint density at radius 1 is 1.11 bits per heavy atom. The lowest BCUT2D eigenvalue weighted by Crippen LogP contribution is -1.99. The number of anilines is 1. The van der Waals surface area contributed by atoms with Gasteiger partial charge in [-0.05, 0) is 42.5 Å². The van der Waals surface area contributed by atoms with Gasteiger partial charge in [0.15, 0.2) is 0 Å². The van der Waals surface area contributed by atoms with Crippen LogP contribution in [0.25, 0.3) is 10.9 Å². The molecule has 3 nitrogen and oxygen atoms in total. The van der Waals surface area contributed by atoms with Gasteiger partial charge in [-0.2, -0.15) is 0 Å². The van der Waals surface area contributed by atoms with E-state index in [1.807, 2.05) is 24.4 Å². The molecular weight excluding hydrogens is 260 g/mol. The molecule has 0 atom stereocenters. The predicted octanol–water partition coefficient (Wildman–Crippen LogP) is 4.14. The lowest BCUT2D eigenvalue weighted by atomic mass is 10.2. The van der Waals surface area contributed by atoms with Crippen molar-refractivity contribution in [3.63, 3.8) is 0 Å². The Morgan fingerprint density at radius 3 is 2.89 bits per heavy atom. The Morgan fingerprint density at radius 2 is 2.00 bits per heavy atom. The van der Waals surface area contributed by atoms with E-state index in [1.54, 1.807) is 18.2 Å². The molecule has 0 spiro atoms. The van der Waals surface area contributed by atoms with Crippen molar-refractivity contribution in [1.82, 2.24) is 4.98 Å². The van der Waals surface area contributed by atoms with Gasteiger partial charge in [0.25, 0.3) is 0 Å². The van der Waals surface area contributed by atoms with Gasteiger partial charge in [0.1, 0.15) is 5.75 Å². The third-order valence-corrected chi connectivity index (χ3v) is 3.31. The zero-order chi connectivity index (χ0) is 13.2. The SMILES string of the molecule is Oc1ccc(Cl)cc1CNc1ccc2[nH]ccc2c1. The van der Waals surface area contributed by atoms with Gasteiger partial charge in [0.2, 0.25) is 0 Å². The molecule has 0 unspecified atom stereocenters.